The molecule has 0 radical (unpaired) electrons. The number of aromatic nitrogens is 4. The van der Waals surface area contributed by atoms with Gasteiger partial charge in [0, 0.05) is 30.6 Å². The van der Waals surface area contributed by atoms with E-state index in [-0.39, 0.29) is 6.04 Å². The molecule has 3 aromatic heterocycles. The molecular weight excluding hydrogens is 270 g/mol. The Morgan fingerprint density at radius 3 is 3.05 bits per heavy atom. The summed E-state index contributed by atoms with van der Waals surface area (Å²) in [7, 11) is 0. The van der Waals surface area contributed by atoms with Crippen molar-refractivity contribution in [3.05, 3.63) is 46.3 Å². The van der Waals surface area contributed by atoms with Crippen LogP contribution in [0.5, 0.6) is 0 Å². The van der Waals surface area contributed by atoms with E-state index in [0.717, 1.165) is 35.1 Å². The van der Waals surface area contributed by atoms with Gasteiger partial charge in [0.1, 0.15) is 5.82 Å². The quantitative estimate of drug-likeness (QED) is 0.783. The molecule has 0 aliphatic carbocycles. The minimum Gasteiger partial charge on any atom is -0.308 e. The second kappa shape index (κ2) is 5.68. The fraction of sp³-hybridized carbons (Fsp3) is 0.357. The van der Waals surface area contributed by atoms with E-state index < -0.39 is 0 Å². The highest BCUT2D eigenvalue weighted by Crippen LogP contribution is 2.15. The highest BCUT2D eigenvalue weighted by molar-refractivity contribution is 7.09. The lowest BCUT2D eigenvalue weighted by molar-refractivity contribution is 0.558. The van der Waals surface area contributed by atoms with Gasteiger partial charge in [0.2, 0.25) is 0 Å². The summed E-state index contributed by atoms with van der Waals surface area (Å²) in [4.78, 5) is 4.50. The van der Waals surface area contributed by atoms with Crippen molar-refractivity contribution in [2.24, 2.45) is 0 Å². The third-order valence-corrected chi connectivity index (χ3v) is 4.06. The Morgan fingerprint density at radius 1 is 1.35 bits per heavy atom. The van der Waals surface area contributed by atoms with Gasteiger partial charge in [-0.05, 0) is 26.0 Å². The molecule has 0 saturated carbocycles. The van der Waals surface area contributed by atoms with E-state index >= 15 is 0 Å². The first kappa shape index (κ1) is 13.2. The van der Waals surface area contributed by atoms with Crippen LogP contribution >= 0.6 is 11.3 Å². The van der Waals surface area contributed by atoms with Gasteiger partial charge in [-0.3, -0.25) is 4.40 Å². The predicted molar refractivity (Wildman–Crippen MR) is 80.0 cm³/mol. The molecule has 0 bridgehead atoms. The van der Waals surface area contributed by atoms with Crippen molar-refractivity contribution in [3.63, 3.8) is 0 Å². The first-order valence-corrected chi connectivity index (χ1v) is 7.56. The van der Waals surface area contributed by atoms with Gasteiger partial charge in [-0.15, -0.1) is 21.5 Å². The molecule has 0 spiro atoms. The van der Waals surface area contributed by atoms with Crippen LogP contribution in [-0.2, 0) is 6.42 Å². The zero-order valence-electron chi connectivity index (χ0n) is 11.6. The third kappa shape index (κ3) is 2.71. The van der Waals surface area contributed by atoms with E-state index in [2.05, 4.69) is 32.8 Å². The first-order chi connectivity index (χ1) is 9.74. The fourth-order valence-corrected chi connectivity index (χ4v) is 2.85. The fourth-order valence-electron chi connectivity index (χ4n) is 2.15. The normalized spacial score (nSPS) is 12.9. The van der Waals surface area contributed by atoms with Gasteiger partial charge in [-0.1, -0.05) is 6.07 Å². The van der Waals surface area contributed by atoms with Crippen LogP contribution < -0.4 is 5.32 Å². The summed E-state index contributed by atoms with van der Waals surface area (Å²) < 4.78 is 2.03. The Hall–Kier alpha value is -1.79. The molecule has 1 unspecified atom stereocenters. The summed E-state index contributed by atoms with van der Waals surface area (Å²) in [6, 6.07) is 6.19. The summed E-state index contributed by atoms with van der Waals surface area (Å²) in [5, 5.41) is 15.1. The maximum absolute atomic E-state index is 4.50. The first-order valence-electron chi connectivity index (χ1n) is 6.68. The van der Waals surface area contributed by atoms with Crippen molar-refractivity contribution in [3.8, 4) is 0 Å². The zero-order chi connectivity index (χ0) is 13.9. The zero-order valence-corrected chi connectivity index (χ0v) is 12.4. The van der Waals surface area contributed by atoms with Gasteiger partial charge in [-0.2, -0.15) is 0 Å². The molecule has 0 saturated heterocycles. The van der Waals surface area contributed by atoms with E-state index in [4.69, 9.17) is 0 Å². The van der Waals surface area contributed by atoms with E-state index in [9.17, 15) is 0 Å². The smallest absolute Gasteiger partial charge is 0.160 e. The lowest BCUT2D eigenvalue weighted by Crippen LogP contribution is -2.22. The van der Waals surface area contributed by atoms with Crippen LogP contribution in [0.4, 0.5) is 0 Å². The van der Waals surface area contributed by atoms with Crippen LogP contribution in [0, 0.1) is 6.92 Å². The monoisotopic (exact) mass is 287 g/mol. The molecule has 20 heavy (non-hydrogen) atoms. The van der Waals surface area contributed by atoms with Crippen molar-refractivity contribution in [2.45, 2.75) is 26.3 Å². The van der Waals surface area contributed by atoms with Crippen molar-refractivity contribution < 1.29 is 0 Å². The van der Waals surface area contributed by atoms with Crippen LogP contribution in [0.15, 0.2) is 29.8 Å². The van der Waals surface area contributed by atoms with Gasteiger partial charge in [0.15, 0.2) is 5.65 Å². The molecule has 0 aliphatic heterocycles. The minimum atomic E-state index is 0.263. The SMILES string of the molecule is Cc1nc(C(C)NCCc2nnc3ccccn23)cs1. The maximum Gasteiger partial charge on any atom is 0.160 e. The number of aryl methyl sites for hydroxylation is 1. The Balaban J connectivity index is 1.60. The lowest BCUT2D eigenvalue weighted by atomic mass is 10.2. The van der Waals surface area contributed by atoms with Crippen LogP contribution in [0.25, 0.3) is 5.65 Å². The number of thiazole rings is 1. The molecule has 0 fully saturated rings. The van der Waals surface area contributed by atoms with Crippen LogP contribution in [0.3, 0.4) is 0 Å². The molecular formula is C14H17N5S. The molecule has 3 rings (SSSR count). The molecule has 0 amide bonds. The second-order valence-electron chi connectivity index (χ2n) is 4.76. The topological polar surface area (TPSA) is 55.1 Å². The van der Waals surface area contributed by atoms with Gasteiger partial charge in [-0.25, -0.2) is 4.98 Å². The standard InChI is InChI=1S/C14H17N5S/c1-10(12-9-20-11(2)16-12)15-7-6-14-18-17-13-5-3-4-8-19(13)14/h3-5,8-10,15H,6-7H2,1-2H3. The predicted octanol–water partition coefficient (Wildman–Crippen LogP) is 2.39. The van der Waals surface area contributed by atoms with Crippen LogP contribution in [0.1, 0.15) is 29.5 Å². The van der Waals surface area contributed by atoms with Gasteiger partial charge >= 0.3 is 0 Å². The molecule has 1 atom stereocenters. The Bertz CT molecular complexity index is 702. The Kier molecular flexibility index (Phi) is 3.75. The number of hydrogen-bond donors (Lipinski definition) is 1. The lowest BCUT2D eigenvalue weighted by Gasteiger charge is -2.10. The number of hydrogen-bond acceptors (Lipinski definition) is 5. The largest absolute Gasteiger partial charge is 0.308 e. The van der Waals surface area contributed by atoms with Gasteiger partial charge < -0.3 is 5.32 Å². The summed E-state index contributed by atoms with van der Waals surface area (Å²) in [6.45, 7) is 5.02. The van der Waals surface area contributed by atoms with Crippen molar-refractivity contribution in [1.29, 1.82) is 0 Å². The third-order valence-electron chi connectivity index (χ3n) is 3.26. The number of nitrogens with zero attached hydrogens (tertiary/aromatic N) is 4. The molecule has 104 valence electrons. The summed E-state index contributed by atoms with van der Waals surface area (Å²) in [5.41, 5.74) is 2.00. The molecule has 0 aromatic carbocycles. The minimum absolute atomic E-state index is 0.263. The maximum atomic E-state index is 4.50. The molecule has 1 N–H and O–H groups in total. The van der Waals surface area contributed by atoms with Gasteiger partial charge in [0.25, 0.3) is 0 Å². The van der Waals surface area contributed by atoms with Crippen molar-refractivity contribution >= 4 is 17.0 Å². The molecule has 3 heterocycles. The van der Waals surface area contributed by atoms with E-state index in [1.807, 2.05) is 35.7 Å². The molecule has 5 nitrogen and oxygen atoms in total. The summed E-state index contributed by atoms with van der Waals surface area (Å²) in [5.74, 6) is 0.981. The van der Waals surface area contributed by atoms with Crippen LogP contribution in [0.2, 0.25) is 0 Å². The highest BCUT2D eigenvalue weighted by Gasteiger charge is 2.09. The van der Waals surface area contributed by atoms with E-state index in [1.54, 1.807) is 11.3 Å². The van der Waals surface area contributed by atoms with Crippen LogP contribution in [-0.4, -0.2) is 26.1 Å². The Labute approximate surface area is 121 Å². The molecule has 0 aliphatic rings. The van der Waals surface area contributed by atoms with E-state index in [0.29, 0.717) is 0 Å². The number of pyridine rings is 1. The molecule has 6 heteroatoms. The van der Waals surface area contributed by atoms with Crippen molar-refractivity contribution in [2.75, 3.05) is 6.54 Å². The van der Waals surface area contributed by atoms with Gasteiger partial charge in [0.05, 0.1) is 10.7 Å². The number of fused-ring (bicyclic) bond motifs is 1. The number of rotatable bonds is 5. The molecule has 3 aromatic rings. The summed E-state index contributed by atoms with van der Waals surface area (Å²) >= 11 is 1.69. The second-order valence-corrected chi connectivity index (χ2v) is 5.82. The van der Waals surface area contributed by atoms with Crippen molar-refractivity contribution in [1.82, 2.24) is 24.9 Å². The average Bonchev–Trinajstić information content (AvgIpc) is 3.06. The van der Waals surface area contributed by atoms with E-state index in [1.165, 1.54) is 0 Å². The number of nitrogens with one attached hydrogen (secondary N) is 1. The average molecular weight is 287 g/mol. The Morgan fingerprint density at radius 2 is 2.25 bits per heavy atom. The highest BCUT2D eigenvalue weighted by atomic mass is 32.1. The summed E-state index contributed by atoms with van der Waals surface area (Å²) in [6.07, 6.45) is 2.84.